The van der Waals surface area contributed by atoms with E-state index in [0.717, 1.165) is 56.5 Å². The number of carbonyl (C=O) groups excluding carboxylic acids is 2. The Labute approximate surface area is 300 Å². The molecule has 1 N–H and O–H groups in total. The number of halogens is 2. The normalized spacial score (nSPS) is 20.4. The summed E-state index contributed by atoms with van der Waals surface area (Å²) in [5.41, 5.74) is 3.22. The van der Waals surface area contributed by atoms with Crippen molar-refractivity contribution < 1.29 is 27.8 Å². The maximum atomic E-state index is 14.6. The zero-order valence-corrected chi connectivity index (χ0v) is 30.3. The van der Waals surface area contributed by atoms with Gasteiger partial charge in [-0.1, -0.05) is 30.3 Å². The highest BCUT2D eigenvalue weighted by atomic mass is 19.3. The Morgan fingerprint density at radius 3 is 2.15 bits per heavy atom. The number of hydrogen-bond acceptors (Lipinski definition) is 7. The van der Waals surface area contributed by atoms with Crippen LogP contribution in [0.1, 0.15) is 84.7 Å². The molecule has 12 heteroatoms. The van der Waals surface area contributed by atoms with Crippen molar-refractivity contribution in [2.24, 2.45) is 4.99 Å². The largest absolute Gasteiger partial charge is 0.444 e. The van der Waals surface area contributed by atoms with Crippen molar-refractivity contribution in [1.29, 1.82) is 0 Å². The number of alkyl halides is 2. The van der Waals surface area contributed by atoms with Gasteiger partial charge in [0.05, 0.1) is 29.5 Å². The topological polar surface area (TPSA) is 117 Å². The monoisotopic (exact) mass is 711 g/mol. The lowest BCUT2D eigenvalue weighted by molar-refractivity contribution is -0.00248. The smallest absolute Gasteiger partial charge is 0.411 e. The molecular weight excluding hydrogens is 668 g/mol. The van der Waals surface area contributed by atoms with E-state index in [1.807, 2.05) is 45.2 Å². The number of hydrogen-bond donors (Lipinski definition) is 1. The third-order valence-corrected chi connectivity index (χ3v) is 9.51. The first-order chi connectivity index (χ1) is 24.4. The van der Waals surface area contributed by atoms with E-state index in [1.165, 1.54) is 0 Å². The fourth-order valence-corrected chi connectivity index (χ4v) is 7.17. The molecule has 4 heterocycles. The second-order valence-electron chi connectivity index (χ2n) is 15.9. The summed E-state index contributed by atoms with van der Waals surface area (Å²) in [6.07, 6.45) is 2.46. The maximum Gasteiger partial charge on any atom is 0.411 e. The number of nitrogens with one attached hydrogen (secondary N) is 1. The lowest BCUT2D eigenvalue weighted by atomic mass is 9.95. The number of aromatic amines is 1. The zero-order chi connectivity index (χ0) is 37.2. The Hall–Kier alpha value is -5.13. The first-order valence-electron chi connectivity index (χ1n) is 17.6. The number of nitrogens with zero attached hydrogens (tertiary/aromatic N) is 4. The summed E-state index contributed by atoms with van der Waals surface area (Å²) in [5, 5.41) is 2.35. The summed E-state index contributed by atoms with van der Waals surface area (Å²) in [7, 11) is 0. The number of benzene rings is 3. The predicted octanol–water partition coefficient (Wildman–Crippen LogP) is 8.65. The molecule has 7 rings (SSSR count). The van der Waals surface area contributed by atoms with Crippen LogP contribution in [-0.2, 0) is 9.47 Å². The number of carbonyl (C=O) groups is 2. The van der Waals surface area contributed by atoms with Gasteiger partial charge in [-0.15, -0.1) is 0 Å². The molecule has 2 fully saturated rings. The van der Waals surface area contributed by atoms with Crippen molar-refractivity contribution in [3.8, 4) is 11.1 Å². The minimum absolute atomic E-state index is 0.0115. The average Bonchev–Trinajstić information content (AvgIpc) is 3.81. The number of allylic oxidation sites excluding steroid dienone is 1. The van der Waals surface area contributed by atoms with Gasteiger partial charge in [-0.25, -0.2) is 23.4 Å². The van der Waals surface area contributed by atoms with Gasteiger partial charge in [0.15, 0.2) is 0 Å². The van der Waals surface area contributed by atoms with E-state index < -0.39 is 47.8 Å². The van der Waals surface area contributed by atoms with Gasteiger partial charge in [-0.2, -0.15) is 0 Å². The van der Waals surface area contributed by atoms with Crippen molar-refractivity contribution in [2.75, 3.05) is 13.1 Å². The average molecular weight is 712 g/mol. The van der Waals surface area contributed by atoms with E-state index in [-0.39, 0.29) is 18.0 Å². The van der Waals surface area contributed by atoms with E-state index in [9.17, 15) is 23.2 Å². The van der Waals surface area contributed by atoms with Crippen molar-refractivity contribution in [1.82, 2.24) is 19.8 Å². The van der Waals surface area contributed by atoms with Crippen LogP contribution in [0, 0.1) is 0 Å². The number of rotatable bonds is 4. The minimum Gasteiger partial charge on any atom is -0.444 e. The van der Waals surface area contributed by atoms with E-state index >= 15 is 0 Å². The van der Waals surface area contributed by atoms with Crippen LogP contribution < -0.4 is 5.56 Å². The second kappa shape index (κ2) is 12.8. The molecule has 1 aromatic heterocycles. The summed E-state index contributed by atoms with van der Waals surface area (Å²) >= 11 is 0. The van der Waals surface area contributed by atoms with Gasteiger partial charge < -0.3 is 14.5 Å². The van der Waals surface area contributed by atoms with E-state index in [2.05, 4.69) is 34.2 Å². The van der Waals surface area contributed by atoms with E-state index in [4.69, 9.17) is 14.5 Å². The van der Waals surface area contributed by atoms with Crippen LogP contribution in [0.3, 0.4) is 0 Å². The van der Waals surface area contributed by atoms with Crippen molar-refractivity contribution in [2.45, 2.75) is 96.4 Å². The van der Waals surface area contributed by atoms with Gasteiger partial charge in [0.2, 0.25) is 0 Å². The van der Waals surface area contributed by atoms with Crippen LogP contribution in [0.4, 0.5) is 18.4 Å². The Kier molecular flexibility index (Phi) is 8.70. The summed E-state index contributed by atoms with van der Waals surface area (Å²) in [6.45, 7) is 10.4. The third kappa shape index (κ3) is 7.29. The highest BCUT2D eigenvalue weighted by molar-refractivity contribution is 6.03. The maximum absolute atomic E-state index is 14.6. The van der Waals surface area contributed by atoms with Crippen molar-refractivity contribution in [3.05, 3.63) is 82.5 Å². The molecule has 0 saturated carbocycles. The lowest BCUT2D eigenvalue weighted by Crippen LogP contribution is -2.43. The third-order valence-electron chi connectivity index (χ3n) is 9.51. The van der Waals surface area contributed by atoms with Gasteiger partial charge >= 0.3 is 12.2 Å². The molecule has 0 unspecified atom stereocenters. The highest BCUT2D eigenvalue weighted by Crippen LogP contribution is 2.41. The lowest BCUT2D eigenvalue weighted by Gasteiger charge is -2.28. The fourth-order valence-electron chi connectivity index (χ4n) is 7.17. The SMILES string of the molecule is CC(C)(C)OC(=O)N1CCC[C@H]1C1=NC=C(c2ccc3cc(-c4ccc5c(=O)[nH]c([C@@H]6CC(F)(F)CN6C(=O)OC(C)(C)C)nc5c4)ccc3c2)C1. The molecule has 272 valence electrons. The molecule has 2 saturated heterocycles. The summed E-state index contributed by atoms with van der Waals surface area (Å²) in [4.78, 5) is 53.6. The van der Waals surface area contributed by atoms with Gasteiger partial charge in [-0.05, 0) is 112 Å². The van der Waals surface area contributed by atoms with Gasteiger partial charge in [0.25, 0.3) is 11.5 Å². The first-order valence-corrected chi connectivity index (χ1v) is 17.6. The Bertz CT molecular complexity index is 2210. The predicted molar refractivity (Wildman–Crippen MR) is 197 cm³/mol. The van der Waals surface area contributed by atoms with Crippen molar-refractivity contribution >= 4 is 45.1 Å². The molecule has 0 bridgehead atoms. The first kappa shape index (κ1) is 35.3. The van der Waals surface area contributed by atoms with Crippen LogP contribution in [0.2, 0.25) is 0 Å². The molecule has 0 radical (unpaired) electrons. The molecule has 2 atom stereocenters. The van der Waals surface area contributed by atoms with E-state index in [0.29, 0.717) is 23.9 Å². The number of aliphatic imine (C=N–C) groups is 1. The van der Waals surface area contributed by atoms with Crippen molar-refractivity contribution in [3.63, 3.8) is 0 Å². The molecule has 3 aromatic carbocycles. The van der Waals surface area contributed by atoms with Crippen LogP contribution in [0.15, 0.2) is 70.6 Å². The molecule has 4 aromatic rings. The van der Waals surface area contributed by atoms with Gasteiger partial charge in [0, 0.05) is 31.3 Å². The summed E-state index contributed by atoms with van der Waals surface area (Å²) in [6, 6.07) is 16.4. The molecular formula is C40H43F2N5O5. The minimum atomic E-state index is -3.16. The molecule has 3 aliphatic rings. The Balaban J connectivity index is 1.11. The van der Waals surface area contributed by atoms with Gasteiger partial charge in [-0.3, -0.25) is 19.6 Å². The molecule has 3 aliphatic heterocycles. The standard InChI is InChI=1S/C40H43F2N5O5/c1-38(2,3)51-36(49)46-15-7-8-32(46)31-19-28(21-43-31)26-12-11-23-16-25(10-9-24(23)17-26)27-13-14-29-30(18-27)44-34(45-35(29)48)33-20-40(41,42)22-47(33)37(50)52-39(4,5)6/h9-14,16-18,21,32-33H,7-8,15,19-20,22H2,1-6H3,(H,44,45,48)/t32-,33-/m0/s1. The van der Waals surface area contributed by atoms with Crippen LogP contribution >= 0.6 is 0 Å². The highest BCUT2D eigenvalue weighted by Gasteiger charge is 2.50. The number of H-pyrrole nitrogens is 1. The fraction of sp³-hybridized carbons (Fsp3) is 0.425. The number of ether oxygens (including phenoxy) is 2. The number of fused-ring (bicyclic) bond motifs is 2. The van der Waals surface area contributed by atoms with Crippen LogP contribution in [0.5, 0.6) is 0 Å². The molecule has 2 amide bonds. The molecule has 0 aliphatic carbocycles. The molecule has 52 heavy (non-hydrogen) atoms. The van der Waals surface area contributed by atoms with Gasteiger partial charge in [0.1, 0.15) is 17.0 Å². The molecule has 0 spiro atoms. The Morgan fingerprint density at radius 1 is 0.846 bits per heavy atom. The number of likely N-dealkylation sites (tertiary alicyclic amines) is 2. The summed E-state index contributed by atoms with van der Waals surface area (Å²) in [5.74, 6) is -3.17. The number of aromatic nitrogens is 2. The van der Waals surface area contributed by atoms with Crippen LogP contribution in [-0.4, -0.2) is 73.9 Å². The Morgan fingerprint density at radius 2 is 1.46 bits per heavy atom. The second-order valence-corrected chi connectivity index (χ2v) is 15.9. The summed E-state index contributed by atoms with van der Waals surface area (Å²) < 4.78 is 40.3. The van der Waals surface area contributed by atoms with E-state index in [1.54, 1.807) is 37.8 Å². The number of amides is 2. The van der Waals surface area contributed by atoms with Crippen LogP contribution in [0.25, 0.3) is 38.4 Å². The quantitative estimate of drug-likeness (QED) is 0.227. The zero-order valence-electron chi connectivity index (χ0n) is 30.3. The molecule has 10 nitrogen and oxygen atoms in total.